The second-order valence-electron chi connectivity index (χ2n) is 8.21. The Balaban J connectivity index is 0.00000216. The summed E-state index contributed by atoms with van der Waals surface area (Å²) < 4.78 is 5.95. The zero-order valence-electron chi connectivity index (χ0n) is 19.3. The maximum Gasteiger partial charge on any atom is 0.292 e. The molecule has 2 N–H and O–H groups in total. The Morgan fingerprint density at radius 2 is 1.91 bits per heavy atom. The number of aromatic nitrogens is 1. The lowest BCUT2D eigenvalue weighted by Gasteiger charge is -2.35. The van der Waals surface area contributed by atoms with Crippen molar-refractivity contribution >= 4 is 70.7 Å². The first-order valence-corrected chi connectivity index (χ1v) is 11.5. The molecule has 0 unspecified atom stereocenters. The van der Waals surface area contributed by atoms with Crippen LogP contribution in [0.5, 0.6) is 0 Å². The number of aliphatic hydroxyl groups excluding tert-OH is 1. The number of hydrazine groups is 1. The summed E-state index contributed by atoms with van der Waals surface area (Å²) in [7, 11) is 1.76. The summed E-state index contributed by atoms with van der Waals surface area (Å²) in [5.74, 6) is -0.110. The molecule has 1 aliphatic carbocycles. The van der Waals surface area contributed by atoms with Gasteiger partial charge >= 0.3 is 0 Å². The number of hydrogen-bond acceptors (Lipinski definition) is 6. The van der Waals surface area contributed by atoms with Gasteiger partial charge in [0.15, 0.2) is 11.3 Å². The number of nitrogens with zero attached hydrogens (tertiary/aromatic N) is 3. The number of rotatable bonds is 7. The van der Waals surface area contributed by atoms with E-state index in [1.54, 1.807) is 41.3 Å². The van der Waals surface area contributed by atoms with E-state index >= 15 is 0 Å². The zero-order valence-corrected chi connectivity index (χ0v) is 21.7. The summed E-state index contributed by atoms with van der Waals surface area (Å²) >= 11 is 5.85. The van der Waals surface area contributed by atoms with E-state index in [2.05, 4.69) is 10.3 Å². The monoisotopic (exact) mass is 542 g/mol. The van der Waals surface area contributed by atoms with E-state index in [9.17, 15) is 14.7 Å². The van der Waals surface area contributed by atoms with E-state index in [1.807, 2.05) is 12.1 Å². The highest BCUT2D eigenvalue weighted by Crippen LogP contribution is 2.34. The smallest absolute Gasteiger partial charge is 0.292 e. The topological polar surface area (TPSA) is 98.9 Å². The lowest BCUT2D eigenvalue weighted by Crippen LogP contribution is -2.48. The maximum atomic E-state index is 13.5. The Morgan fingerprint density at radius 3 is 2.57 bits per heavy atom. The Kier molecular flexibility index (Phi) is 10.8. The minimum atomic E-state index is -0.458. The normalized spacial score (nSPS) is 13.7. The molecule has 8 nitrogen and oxygen atoms in total. The highest BCUT2D eigenvalue weighted by atomic mass is 35.5. The lowest BCUT2D eigenvalue weighted by atomic mass is 9.88. The number of likely N-dealkylation sites (N-methyl/N-ethyl adjacent to an activating group) is 1. The second kappa shape index (κ2) is 13.1. The van der Waals surface area contributed by atoms with Crippen molar-refractivity contribution in [2.24, 2.45) is 5.92 Å². The number of para-hydroxylation sites is 1. The number of furan rings is 1. The van der Waals surface area contributed by atoms with Gasteiger partial charge in [0, 0.05) is 31.1 Å². The van der Waals surface area contributed by atoms with Crippen LogP contribution in [0.25, 0.3) is 11.0 Å². The van der Waals surface area contributed by atoms with Crippen molar-refractivity contribution in [3.8, 4) is 0 Å². The summed E-state index contributed by atoms with van der Waals surface area (Å²) in [5.41, 5.74) is 0.975. The van der Waals surface area contributed by atoms with E-state index < -0.39 is 5.91 Å². The van der Waals surface area contributed by atoms with Crippen molar-refractivity contribution in [2.45, 2.75) is 32.1 Å². The predicted octanol–water partition coefficient (Wildman–Crippen LogP) is 5.33. The number of hydrogen-bond donors (Lipinski definition) is 2. The molecule has 35 heavy (non-hydrogen) atoms. The summed E-state index contributed by atoms with van der Waals surface area (Å²) in [6.45, 7) is 0.186. The summed E-state index contributed by atoms with van der Waals surface area (Å²) in [4.78, 5) is 30.4. The molecule has 2 heterocycles. The summed E-state index contributed by atoms with van der Waals surface area (Å²) in [6.07, 6.45) is 6.34. The van der Waals surface area contributed by atoms with Gasteiger partial charge in [-0.2, -0.15) is 0 Å². The number of carbonyl (C=O) groups excluding carboxylic acids is 2. The highest BCUT2D eigenvalue weighted by Gasteiger charge is 2.31. The van der Waals surface area contributed by atoms with Crippen LogP contribution >= 0.6 is 36.4 Å². The molecule has 1 aliphatic rings. The van der Waals surface area contributed by atoms with E-state index in [4.69, 9.17) is 16.0 Å². The quantitative estimate of drug-likeness (QED) is 0.391. The average Bonchev–Trinajstić information content (AvgIpc) is 3.27. The van der Waals surface area contributed by atoms with Gasteiger partial charge in [0.05, 0.1) is 11.6 Å². The number of fused-ring (bicyclic) bond motifs is 1. The Bertz CT molecular complexity index is 1130. The minimum absolute atomic E-state index is 0. The van der Waals surface area contributed by atoms with E-state index in [-0.39, 0.29) is 55.6 Å². The first kappa shape index (κ1) is 28.9. The number of benzene rings is 1. The number of nitrogens with one attached hydrogen (secondary N) is 1. The SMILES string of the molecule is CN(CCO)N(C(=O)C1CCCCC1)c1cccc2cc(C(=O)Nc3ccc(Cl)cn3)oc12.Cl.Cl. The maximum absolute atomic E-state index is 13.5. The third-order valence-corrected chi connectivity index (χ3v) is 6.10. The highest BCUT2D eigenvalue weighted by molar-refractivity contribution is 6.30. The fraction of sp³-hybridized carbons (Fsp3) is 0.375. The first-order valence-electron chi connectivity index (χ1n) is 11.1. The Labute approximate surface area is 221 Å². The van der Waals surface area contributed by atoms with E-state index in [0.29, 0.717) is 27.5 Å². The average molecular weight is 544 g/mol. The van der Waals surface area contributed by atoms with Gasteiger partial charge in [-0.1, -0.05) is 43.0 Å². The van der Waals surface area contributed by atoms with E-state index in [1.165, 1.54) is 6.20 Å². The standard InChI is InChI=1S/C24H27ClN4O4.2ClH/c1-28(12-13-30)29(24(32)16-6-3-2-4-7-16)19-9-5-8-17-14-20(33-22(17)19)23(31)27-21-11-10-18(25)15-26-21;;/h5,8-11,14-16,30H,2-4,6-7,12-13H2,1H3,(H,26,27,31);2*1H. The largest absolute Gasteiger partial charge is 0.449 e. The molecule has 2 aromatic heterocycles. The number of amides is 2. The van der Waals surface area contributed by atoms with Gasteiger partial charge in [0.25, 0.3) is 5.91 Å². The van der Waals surface area contributed by atoms with Crippen LogP contribution in [0.1, 0.15) is 42.7 Å². The van der Waals surface area contributed by atoms with Gasteiger partial charge in [0.1, 0.15) is 11.5 Å². The van der Waals surface area contributed by atoms with Crippen molar-refractivity contribution in [3.63, 3.8) is 0 Å². The molecule has 11 heteroatoms. The van der Waals surface area contributed by atoms with Crippen LogP contribution in [0.4, 0.5) is 11.5 Å². The number of halogens is 3. The van der Waals surface area contributed by atoms with Crippen molar-refractivity contribution < 1.29 is 19.1 Å². The molecule has 1 saturated carbocycles. The number of carbonyl (C=O) groups is 2. The van der Waals surface area contributed by atoms with Gasteiger partial charge in [0.2, 0.25) is 5.91 Å². The molecule has 1 fully saturated rings. The van der Waals surface area contributed by atoms with Crippen molar-refractivity contribution in [1.29, 1.82) is 0 Å². The van der Waals surface area contributed by atoms with Gasteiger partial charge < -0.3 is 14.8 Å². The fourth-order valence-corrected chi connectivity index (χ4v) is 4.30. The molecule has 1 aromatic carbocycles. The Hall–Kier alpha value is -2.36. The van der Waals surface area contributed by atoms with E-state index in [0.717, 1.165) is 32.1 Å². The minimum Gasteiger partial charge on any atom is -0.449 e. The molecular formula is C24H29Cl3N4O4. The molecular weight excluding hydrogens is 515 g/mol. The van der Waals surface area contributed by atoms with Crippen LogP contribution in [0, 0.1) is 5.92 Å². The van der Waals surface area contributed by atoms with Gasteiger partial charge in [-0.25, -0.2) is 15.0 Å². The predicted molar refractivity (Wildman–Crippen MR) is 142 cm³/mol. The second-order valence-corrected chi connectivity index (χ2v) is 8.65. The lowest BCUT2D eigenvalue weighted by molar-refractivity contribution is -0.126. The molecule has 190 valence electrons. The number of anilines is 2. The summed E-state index contributed by atoms with van der Waals surface area (Å²) in [6, 6.07) is 10.3. The van der Waals surface area contributed by atoms with Gasteiger partial charge in [-0.15, -0.1) is 24.8 Å². The molecule has 0 bridgehead atoms. The molecule has 0 aliphatic heterocycles. The third-order valence-electron chi connectivity index (χ3n) is 5.87. The summed E-state index contributed by atoms with van der Waals surface area (Å²) in [5, 5.41) is 16.6. The third kappa shape index (κ3) is 6.65. The van der Waals surface area contributed by atoms with Crippen LogP contribution in [-0.2, 0) is 4.79 Å². The molecule has 3 aromatic rings. The van der Waals surface area contributed by atoms with Gasteiger partial charge in [-0.05, 0) is 37.1 Å². The van der Waals surface area contributed by atoms with Crippen molar-refractivity contribution in [3.05, 3.63) is 53.4 Å². The Morgan fingerprint density at radius 1 is 1.17 bits per heavy atom. The van der Waals surface area contributed by atoms with Crippen LogP contribution in [-0.4, -0.2) is 47.1 Å². The molecule has 0 saturated heterocycles. The van der Waals surface area contributed by atoms with Crippen LogP contribution in [0.2, 0.25) is 5.02 Å². The molecule has 4 rings (SSSR count). The van der Waals surface area contributed by atoms with Crippen LogP contribution in [0.3, 0.4) is 0 Å². The molecule has 2 amide bonds. The first-order chi connectivity index (χ1) is 16.0. The molecule has 0 radical (unpaired) electrons. The molecule has 0 spiro atoms. The molecule has 0 atom stereocenters. The van der Waals surface area contributed by atoms with Crippen molar-refractivity contribution in [1.82, 2.24) is 9.99 Å². The zero-order chi connectivity index (χ0) is 23.4. The van der Waals surface area contributed by atoms with Crippen molar-refractivity contribution in [2.75, 3.05) is 30.5 Å². The fourth-order valence-electron chi connectivity index (χ4n) is 4.19. The van der Waals surface area contributed by atoms with Gasteiger partial charge in [-0.3, -0.25) is 9.59 Å². The number of pyridine rings is 1. The number of aliphatic hydroxyl groups is 1. The van der Waals surface area contributed by atoms with Crippen LogP contribution in [0.15, 0.2) is 47.0 Å². The van der Waals surface area contributed by atoms with Crippen LogP contribution < -0.4 is 10.3 Å².